The fraction of sp³-hybridized carbons (Fsp3) is 0.343. The third-order valence-electron chi connectivity index (χ3n) is 10.5. The van der Waals surface area contributed by atoms with E-state index >= 15 is 0 Å². The number of benzene rings is 3. The van der Waals surface area contributed by atoms with Gasteiger partial charge in [-0.25, -0.2) is 4.79 Å². The van der Waals surface area contributed by atoms with Crippen molar-refractivity contribution in [1.82, 2.24) is 16.0 Å². The number of carbonyl (C=O) groups is 5. The first-order valence-corrected chi connectivity index (χ1v) is 27.9. The first kappa shape index (κ1) is 50.8. The van der Waals surface area contributed by atoms with Gasteiger partial charge < -0.3 is 25.8 Å². The van der Waals surface area contributed by atoms with E-state index in [2.05, 4.69) is 106 Å². The van der Waals surface area contributed by atoms with Crippen molar-refractivity contribution >= 4 is 243 Å². The lowest BCUT2D eigenvalue weighted by Crippen LogP contribution is -2.80. The maximum absolute atomic E-state index is 14.7. The molecular weight excluding hydrogens is 1830 g/mol. The van der Waals surface area contributed by atoms with Gasteiger partial charge in [-0.05, 0) is 272 Å². The number of hydrogen-bond acceptors (Lipinski definition) is 8. The number of amides is 3. The number of hydrogen-bond donors (Lipinski definition) is 5. The second-order valence-corrected chi connectivity index (χ2v) is 26.9. The Morgan fingerprint density at radius 2 is 1.02 bits per heavy atom. The number of nitrogens with one attached hydrogen (secondary N) is 3. The largest absolute Gasteiger partial charge is 0.478 e. The highest BCUT2D eigenvalue weighted by atomic mass is 127. The van der Waals surface area contributed by atoms with E-state index in [0.29, 0.717) is 25.4 Å². The Morgan fingerprint density at radius 3 is 1.42 bits per heavy atom. The molecule has 3 aromatic rings. The van der Waals surface area contributed by atoms with Crippen LogP contribution in [0.25, 0.3) is 0 Å². The van der Waals surface area contributed by atoms with E-state index < -0.39 is 73.7 Å². The SMILES string of the molecule is O=C(NC12CC3(NC(=O)c4cc(I)cc(I)c4I)CC(NC(=O)c4c(I)c(I)cc(I)c4C(=O)O)(C1)CC(C(=O)OCC(F)(F)S(=O)(=O)O)(C2)C3)c1cc(I)cc(I)c1I. The molecule has 4 aliphatic carbocycles. The van der Waals surface area contributed by atoms with E-state index in [9.17, 15) is 50.8 Å². The highest BCUT2D eigenvalue weighted by molar-refractivity contribution is 14.1. The molecular formula is C35H24F2I9N3O10S. The van der Waals surface area contributed by atoms with Gasteiger partial charge in [0.15, 0.2) is 6.61 Å². The Bertz CT molecular complexity index is 2460. The monoisotopic (exact) mass is 1860 g/mol. The second kappa shape index (κ2) is 18.4. The van der Waals surface area contributed by atoms with Crippen molar-refractivity contribution in [3.63, 3.8) is 0 Å². The number of carbonyl (C=O) groups excluding carboxylic acids is 4. The molecule has 13 nitrogen and oxygen atoms in total. The van der Waals surface area contributed by atoms with E-state index in [-0.39, 0.29) is 53.2 Å². The number of carboxylic acid groups (broad SMARTS) is 1. The molecule has 4 fully saturated rings. The van der Waals surface area contributed by atoms with Crippen molar-refractivity contribution in [2.24, 2.45) is 5.41 Å². The Hall–Kier alpha value is 1.35. The molecule has 0 spiro atoms. The van der Waals surface area contributed by atoms with Crippen LogP contribution in [0.3, 0.4) is 0 Å². The topological polar surface area (TPSA) is 205 Å². The molecule has 2 unspecified atom stereocenters. The third-order valence-corrected chi connectivity index (χ3v) is 22.5. The van der Waals surface area contributed by atoms with Crippen LogP contribution in [0.5, 0.6) is 0 Å². The first-order chi connectivity index (χ1) is 27.6. The van der Waals surface area contributed by atoms with Crippen LogP contribution < -0.4 is 16.0 Å². The predicted octanol–water partition coefficient (Wildman–Crippen LogP) is 9.02. The van der Waals surface area contributed by atoms with E-state index in [4.69, 9.17) is 4.74 Å². The van der Waals surface area contributed by atoms with Gasteiger partial charge in [0.25, 0.3) is 17.7 Å². The zero-order valence-electron chi connectivity index (χ0n) is 29.6. The summed E-state index contributed by atoms with van der Waals surface area (Å²) in [5, 5.41) is 14.7. The van der Waals surface area contributed by atoms with Crippen LogP contribution in [0.2, 0.25) is 0 Å². The lowest BCUT2D eigenvalue weighted by atomic mass is 9.41. The average Bonchev–Trinajstić information content (AvgIpc) is 3.09. The van der Waals surface area contributed by atoms with Gasteiger partial charge in [0.05, 0.1) is 27.7 Å². The smallest absolute Gasteiger partial charge is 0.402 e. The second-order valence-electron chi connectivity index (χ2n) is 14.9. The van der Waals surface area contributed by atoms with Crippen LogP contribution in [-0.2, 0) is 19.6 Å². The minimum atomic E-state index is -6.01. The summed E-state index contributed by atoms with van der Waals surface area (Å²) in [6, 6.07) is 8.70. The predicted molar refractivity (Wildman–Crippen MR) is 289 cm³/mol. The first-order valence-electron chi connectivity index (χ1n) is 16.8. The van der Waals surface area contributed by atoms with Gasteiger partial charge in [-0.1, -0.05) is 0 Å². The number of rotatable bonds is 11. The molecule has 322 valence electrons. The van der Waals surface area contributed by atoms with Crippen LogP contribution in [0.4, 0.5) is 8.78 Å². The van der Waals surface area contributed by atoms with Crippen LogP contribution in [0, 0.1) is 37.5 Å². The van der Waals surface area contributed by atoms with Crippen LogP contribution in [0.15, 0.2) is 30.3 Å². The van der Waals surface area contributed by atoms with Crippen molar-refractivity contribution in [3.8, 4) is 0 Å². The maximum atomic E-state index is 14.7. The fourth-order valence-corrected chi connectivity index (χ4v) is 16.7. The molecule has 0 radical (unpaired) electrons. The molecule has 0 aliphatic heterocycles. The summed E-state index contributed by atoms with van der Waals surface area (Å²) in [4.78, 5) is 70.7. The summed E-state index contributed by atoms with van der Waals surface area (Å²) < 4.78 is 72.2. The molecule has 3 amide bonds. The summed E-state index contributed by atoms with van der Waals surface area (Å²) in [5.41, 5.74) is -6.17. The standard InChI is InChI=1S/C35H24F2I9N3O10S/c36-35(37,60(56,57)58)12-59-30(55)31-6-32(47-26(50)15-1-13(38)3-18(41)23(15)44)9-33(7-31,48-27(51)16-2-14(39)4-19(42)24(16)45)11-34(8-31,10-32)49-28(52)22-21(29(53)54)17(40)5-20(43)25(22)46/h1-5H,6-12H2,(H,47,50)(H,48,51)(H,49,52)(H,53,54)(H,56,57,58). The number of aromatic carboxylic acids is 1. The summed E-state index contributed by atoms with van der Waals surface area (Å²) in [5.74, 6) is -4.62. The maximum Gasteiger partial charge on any atom is 0.402 e. The van der Waals surface area contributed by atoms with Crippen molar-refractivity contribution in [1.29, 1.82) is 0 Å². The molecule has 0 saturated heterocycles. The van der Waals surface area contributed by atoms with Crippen molar-refractivity contribution in [2.75, 3.05) is 6.61 Å². The minimum absolute atomic E-state index is 0.0134. The number of alkyl halides is 2. The van der Waals surface area contributed by atoms with E-state index in [1.54, 1.807) is 18.2 Å². The van der Waals surface area contributed by atoms with E-state index in [1.165, 1.54) is 0 Å². The fourth-order valence-electron chi connectivity index (χ4n) is 9.01. The van der Waals surface area contributed by atoms with Gasteiger partial charge in [0.1, 0.15) is 0 Å². The molecule has 7 rings (SSSR count). The zero-order valence-corrected chi connectivity index (χ0v) is 49.8. The Labute approximate surface area is 463 Å². The Kier molecular flexibility index (Phi) is 15.6. The average molecular weight is 1860 g/mol. The molecule has 3 aromatic carbocycles. The summed E-state index contributed by atoms with van der Waals surface area (Å²) in [6.07, 6.45) is -0.809. The molecule has 2 atom stereocenters. The van der Waals surface area contributed by atoms with Crippen LogP contribution in [-0.4, -0.2) is 76.2 Å². The van der Waals surface area contributed by atoms with Crippen molar-refractivity contribution in [3.05, 3.63) is 84.7 Å². The third kappa shape index (κ3) is 10.1. The van der Waals surface area contributed by atoms with Gasteiger partial charge in [-0.3, -0.25) is 23.7 Å². The van der Waals surface area contributed by atoms with Crippen LogP contribution in [0.1, 0.15) is 80.0 Å². The highest BCUT2D eigenvalue weighted by Gasteiger charge is 2.72. The molecule has 4 bridgehead atoms. The lowest BCUT2D eigenvalue weighted by Gasteiger charge is -2.69. The van der Waals surface area contributed by atoms with Crippen LogP contribution >= 0.6 is 203 Å². The number of esters is 1. The molecule has 60 heavy (non-hydrogen) atoms. The van der Waals surface area contributed by atoms with Crippen molar-refractivity contribution < 1.29 is 55.6 Å². The highest BCUT2D eigenvalue weighted by Crippen LogP contribution is 2.65. The van der Waals surface area contributed by atoms with Crippen molar-refractivity contribution in [2.45, 2.75) is 60.4 Å². The van der Waals surface area contributed by atoms with Gasteiger partial charge in [-0.15, -0.1) is 0 Å². The van der Waals surface area contributed by atoms with Gasteiger partial charge >= 0.3 is 27.3 Å². The molecule has 0 heterocycles. The Morgan fingerprint density at radius 1 is 0.617 bits per heavy atom. The van der Waals surface area contributed by atoms with Gasteiger partial charge in [0.2, 0.25) is 0 Å². The van der Waals surface area contributed by atoms with Gasteiger partial charge in [-0.2, -0.15) is 17.2 Å². The van der Waals surface area contributed by atoms with Gasteiger partial charge in [0, 0.05) is 48.7 Å². The molecule has 4 aliphatic rings. The quantitative estimate of drug-likeness (QED) is 0.0533. The molecule has 25 heteroatoms. The van der Waals surface area contributed by atoms with E-state index in [0.717, 1.165) is 14.3 Å². The summed E-state index contributed by atoms with van der Waals surface area (Å²) in [6.45, 7) is -2.04. The summed E-state index contributed by atoms with van der Waals surface area (Å²) >= 11 is 18.1. The Balaban J connectivity index is 1.55. The normalized spacial score (nSPS) is 24.5. The molecule has 4 saturated carbocycles. The van der Waals surface area contributed by atoms with E-state index in [1.807, 2.05) is 125 Å². The minimum Gasteiger partial charge on any atom is -0.478 e. The lowest BCUT2D eigenvalue weighted by molar-refractivity contribution is -0.187. The molecule has 5 N–H and O–H groups in total. The number of ether oxygens (including phenoxy) is 1. The zero-order chi connectivity index (χ0) is 44.7. The number of halogens is 11. The molecule has 0 aromatic heterocycles. The summed E-state index contributed by atoms with van der Waals surface area (Å²) in [7, 11) is -6.01. The number of carboxylic acids is 1.